The summed E-state index contributed by atoms with van der Waals surface area (Å²) in [7, 11) is 0. The van der Waals surface area contributed by atoms with Crippen molar-refractivity contribution in [2.24, 2.45) is 5.92 Å². The predicted molar refractivity (Wildman–Crippen MR) is 81.7 cm³/mol. The van der Waals surface area contributed by atoms with E-state index in [0.717, 1.165) is 12.1 Å². The van der Waals surface area contributed by atoms with E-state index in [9.17, 15) is 10.1 Å². The van der Waals surface area contributed by atoms with Crippen molar-refractivity contribution in [2.75, 3.05) is 6.54 Å². The van der Waals surface area contributed by atoms with Crippen LogP contribution in [-0.2, 0) is 0 Å². The first-order valence-electron chi connectivity index (χ1n) is 7.16. The van der Waals surface area contributed by atoms with Gasteiger partial charge in [0.1, 0.15) is 0 Å². The Kier molecular flexibility index (Phi) is 4.55. The van der Waals surface area contributed by atoms with Crippen LogP contribution in [0.3, 0.4) is 0 Å². The molecule has 2 rings (SSSR count). The second-order valence-corrected chi connectivity index (χ2v) is 5.83. The molecule has 0 atom stereocenters. The maximum Gasteiger partial charge on any atom is 0.272 e. The smallest absolute Gasteiger partial charge is 0.272 e. The molecular weight excluding hydrogens is 252 g/mol. The molecule has 0 amide bonds. The molecule has 0 aromatic heterocycles. The summed E-state index contributed by atoms with van der Waals surface area (Å²) in [6.45, 7) is 6.94. The molecule has 0 unspecified atom stereocenters. The molecule has 1 saturated carbocycles. The summed E-state index contributed by atoms with van der Waals surface area (Å²) in [5.41, 5.74) is 3.09. The standard InChI is InChI=1S/C16H22N2O2/c1-11(2)14(10-17-15-6-7-15)8-13-5-4-12(3)16(9-13)18(19)20/h4-5,8-9,11,15,17H,6-7,10H2,1-3H3. The summed E-state index contributed by atoms with van der Waals surface area (Å²) >= 11 is 0. The van der Waals surface area contributed by atoms with Crippen molar-refractivity contribution in [1.82, 2.24) is 5.32 Å². The Morgan fingerprint density at radius 3 is 2.75 bits per heavy atom. The molecular formula is C16H22N2O2. The van der Waals surface area contributed by atoms with E-state index in [1.807, 2.05) is 12.1 Å². The molecule has 0 saturated heterocycles. The van der Waals surface area contributed by atoms with Crippen LogP contribution in [0.15, 0.2) is 23.8 Å². The molecule has 1 aliphatic rings. The van der Waals surface area contributed by atoms with Crippen LogP contribution in [0.5, 0.6) is 0 Å². The molecule has 1 aromatic rings. The molecule has 0 aliphatic heterocycles. The molecule has 0 heterocycles. The van der Waals surface area contributed by atoms with Crippen molar-refractivity contribution in [3.63, 3.8) is 0 Å². The van der Waals surface area contributed by atoms with Gasteiger partial charge in [-0.15, -0.1) is 0 Å². The third kappa shape index (κ3) is 3.90. The van der Waals surface area contributed by atoms with Gasteiger partial charge in [0, 0.05) is 24.2 Å². The van der Waals surface area contributed by atoms with Crippen LogP contribution >= 0.6 is 0 Å². The van der Waals surface area contributed by atoms with E-state index in [0.29, 0.717) is 17.5 Å². The average molecular weight is 274 g/mol. The van der Waals surface area contributed by atoms with E-state index >= 15 is 0 Å². The van der Waals surface area contributed by atoms with Gasteiger partial charge in [-0.3, -0.25) is 10.1 Å². The maximum absolute atomic E-state index is 11.0. The summed E-state index contributed by atoms with van der Waals surface area (Å²) < 4.78 is 0. The third-order valence-electron chi connectivity index (χ3n) is 3.70. The lowest BCUT2D eigenvalue weighted by Crippen LogP contribution is -2.21. The Bertz CT molecular complexity index is 531. The van der Waals surface area contributed by atoms with Gasteiger partial charge in [-0.05, 0) is 31.2 Å². The van der Waals surface area contributed by atoms with Gasteiger partial charge in [-0.25, -0.2) is 0 Å². The monoisotopic (exact) mass is 274 g/mol. The van der Waals surface area contributed by atoms with Gasteiger partial charge >= 0.3 is 0 Å². The molecule has 108 valence electrons. The number of hydrogen-bond acceptors (Lipinski definition) is 3. The highest BCUT2D eigenvalue weighted by Gasteiger charge is 2.21. The second-order valence-electron chi connectivity index (χ2n) is 5.83. The lowest BCUT2D eigenvalue weighted by molar-refractivity contribution is -0.385. The maximum atomic E-state index is 11.0. The van der Waals surface area contributed by atoms with E-state index in [4.69, 9.17) is 0 Å². The molecule has 1 fully saturated rings. The van der Waals surface area contributed by atoms with Crippen LogP contribution in [0.2, 0.25) is 0 Å². The van der Waals surface area contributed by atoms with Crippen molar-refractivity contribution < 1.29 is 4.92 Å². The van der Waals surface area contributed by atoms with Gasteiger partial charge in [0.25, 0.3) is 5.69 Å². The van der Waals surface area contributed by atoms with Crippen LogP contribution in [-0.4, -0.2) is 17.5 Å². The first-order chi connectivity index (χ1) is 9.47. The highest BCUT2D eigenvalue weighted by Crippen LogP contribution is 2.23. The van der Waals surface area contributed by atoms with E-state index in [-0.39, 0.29) is 10.6 Å². The molecule has 1 aromatic carbocycles. The molecule has 20 heavy (non-hydrogen) atoms. The van der Waals surface area contributed by atoms with Gasteiger partial charge in [-0.2, -0.15) is 0 Å². The summed E-state index contributed by atoms with van der Waals surface area (Å²) in [5, 5.41) is 14.5. The molecule has 0 spiro atoms. The highest BCUT2D eigenvalue weighted by atomic mass is 16.6. The predicted octanol–water partition coefficient (Wildman–Crippen LogP) is 3.69. The van der Waals surface area contributed by atoms with Crippen LogP contribution in [0.1, 0.15) is 37.8 Å². The van der Waals surface area contributed by atoms with Crippen molar-refractivity contribution in [3.8, 4) is 0 Å². The number of nitrogens with zero attached hydrogens (tertiary/aromatic N) is 1. The van der Waals surface area contributed by atoms with Crippen molar-refractivity contribution in [2.45, 2.75) is 39.7 Å². The number of aryl methyl sites for hydroxylation is 1. The zero-order valence-electron chi connectivity index (χ0n) is 12.3. The van der Waals surface area contributed by atoms with E-state index in [2.05, 4.69) is 25.2 Å². The Morgan fingerprint density at radius 1 is 1.50 bits per heavy atom. The van der Waals surface area contributed by atoms with Crippen molar-refractivity contribution >= 4 is 11.8 Å². The number of nitro groups is 1. The lowest BCUT2D eigenvalue weighted by atomic mass is 9.99. The fourth-order valence-electron chi connectivity index (χ4n) is 2.10. The minimum atomic E-state index is -0.315. The van der Waals surface area contributed by atoms with Gasteiger partial charge in [0.05, 0.1) is 4.92 Å². The third-order valence-corrected chi connectivity index (χ3v) is 3.70. The van der Waals surface area contributed by atoms with Crippen molar-refractivity contribution in [1.29, 1.82) is 0 Å². The lowest BCUT2D eigenvalue weighted by Gasteiger charge is -2.12. The Morgan fingerprint density at radius 2 is 2.20 bits per heavy atom. The first-order valence-corrected chi connectivity index (χ1v) is 7.16. The van der Waals surface area contributed by atoms with Gasteiger partial charge in [-0.1, -0.05) is 37.6 Å². The largest absolute Gasteiger partial charge is 0.310 e. The zero-order chi connectivity index (χ0) is 14.7. The normalized spacial score (nSPS) is 15.7. The number of nitro benzene ring substituents is 1. The zero-order valence-corrected chi connectivity index (χ0v) is 12.3. The van der Waals surface area contributed by atoms with E-state index in [1.54, 1.807) is 13.0 Å². The van der Waals surface area contributed by atoms with Crippen LogP contribution in [0.25, 0.3) is 6.08 Å². The quantitative estimate of drug-likeness (QED) is 0.635. The SMILES string of the molecule is Cc1ccc(C=C(CNC2CC2)C(C)C)cc1[N+](=O)[O-]. The van der Waals surface area contributed by atoms with Gasteiger partial charge in [0.2, 0.25) is 0 Å². The molecule has 0 bridgehead atoms. The fraction of sp³-hybridized carbons (Fsp3) is 0.500. The molecule has 1 aliphatic carbocycles. The summed E-state index contributed by atoms with van der Waals surface area (Å²) in [6, 6.07) is 6.09. The first kappa shape index (κ1) is 14.7. The molecule has 0 radical (unpaired) electrons. The van der Waals surface area contributed by atoms with Crippen LogP contribution in [0.4, 0.5) is 5.69 Å². The highest BCUT2D eigenvalue weighted by molar-refractivity contribution is 5.58. The number of hydrogen-bond donors (Lipinski definition) is 1. The van der Waals surface area contributed by atoms with Crippen molar-refractivity contribution in [3.05, 3.63) is 45.0 Å². The summed E-state index contributed by atoms with van der Waals surface area (Å²) in [6.07, 6.45) is 4.61. The summed E-state index contributed by atoms with van der Waals surface area (Å²) in [4.78, 5) is 10.7. The number of nitrogens with one attached hydrogen (secondary N) is 1. The number of benzene rings is 1. The minimum Gasteiger partial charge on any atom is -0.310 e. The minimum absolute atomic E-state index is 0.192. The Labute approximate surface area is 120 Å². The topological polar surface area (TPSA) is 55.2 Å². The average Bonchev–Trinajstić information content (AvgIpc) is 3.19. The van der Waals surface area contributed by atoms with E-state index < -0.39 is 0 Å². The molecule has 4 heteroatoms. The van der Waals surface area contributed by atoms with Gasteiger partial charge < -0.3 is 5.32 Å². The summed E-state index contributed by atoms with van der Waals surface area (Å²) in [5.74, 6) is 0.432. The van der Waals surface area contributed by atoms with Gasteiger partial charge in [0.15, 0.2) is 0 Å². The number of rotatable bonds is 6. The van der Waals surface area contributed by atoms with E-state index in [1.165, 1.54) is 18.4 Å². The second kappa shape index (κ2) is 6.18. The Hall–Kier alpha value is -1.68. The Balaban J connectivity index is 2.20. The van der Waals surface area contributed by atoms with Crippen LogP contribution in [0, 0.1) is 23.0 Å². The van der Waals surface area contributed by atoms with Crippen LogP contribution < -0.4 is 5.32 Å². The fourth-order valence-corrected chi connectivity index (χ4v) is 2.10. The molecule has 4 nitrogen and oxygen atoms in total. The molecule has 1 N–H and O–H groups in total.